The predicted molar refractivity (Wildman–Crippen MR) is 89.9 cm³/mol. The van der Waals surface area contributed by atoms with Crippen LogP contribution < -0.4 is 14.8 Å². The second kappa shape index (κ2) is 7.96. The van der Waals surface area contributed by atoms with Gasteiger partial charge in [-0.05, 0) is 32.2 Å². The molecule has 0 aliphatic carbocycles. The first-order valence-electron chi connectivity index (χ1n) is 7.03. The third kappa shape index (κ3) is 4.35. The number of methoxy groups -OCH3 is 1. The summed E-state index contributed by atoms with van der Waals surface area (Å²) in [6, 6.07) is 4.67. The van der Waals surface area contributed by atoms with Gasteiger partial charge in [0.05, 0.1) is 7.11 Å². The summed E-state index contributed by atoms with van der Waals surface area (Å²) in [6.45, 7) is 3.93. The number of halogens is 1. The molecule has 1 fully saturated rings. The zero-order chi connectivity index (χ0) is 16.3. The molecule has 1 atom stereocenters. The zero-order valence-electron chi connectivity index (χ0n) is 13.3. The van der Waals surface area contributed by atoms with E-state index >= 15 is 0 Å². The van der Waals surface area contributed by atoms with Crippen molar-refractivity contribution in [3.8, 4) is 5.75 Å². The Bertz CT molecular complexity index is 666. The lowest BCUT2D eigenvalue weighted by Crippen LogP contribution is -2.51. The molecule has 23 heavy (non-hydrogen) atoms. The summed E-state index contributed by atoms with van der Waals surface area (Å²) in [5.41, 5.74) is 0.337. The van der Waals surface area contributed by atoms with Gasteiger partial charge in [-0.1, -0.05) is 0 Å². The molecule has 2 N–H and O–H groups in total. The van der Waals surface area contributed by atoms with Crippen molar-refractivity contribution in [2.75, 3.05) is 33.8 Å². The van der Waals surface area contributed by atoms with Crippen molar-refractivity contribution in [3.63, 3.8) is 0 Å². The molecule has 2 rings (SSSR count). The molecule has 1 unspecified atom stereocenters. The highest BCUT2D eigenvalue weighted by Gasteiger charge is 2.25. The molecule has 0 saturated carbocycles. The maximum atomic E-state index is 12.6. The topological polar surface area (TPSA) is 87.7 Å². The Morgan fingerprint density at radius 2 is 2.13 bits per heavy atom. The molecule has 1 aromatic carbocycles. The molecule has 1 amide bonds. The number of rotatable bonds is 4. The van der Waals surface area contributed by atoms with Gasteiger partial charge in [-0.3, -0.25) is 4.79 Å². The van der Waals surface area contributed by atoms with E-state index in [1.54, 1.807) is 11.0 Å². The number of hydrogen-bond acceptors (Lipinski definition) is 5. The normalized spacial score (nSPS) is 18.2. The summed E-state index contributed by atoms with van der Waals surface area (Å²) in [5.74, 6) is 0.0307. The number of carbonyl (C=O) groups excluding carboxylic acids is 1. The first-order chi connectivity index (χ1) is 10.4. The molecule has 7 nitrogen and oxygen atoms in total. The van der Waals surface area contributed by atoms with Crippen LogP contribution in [0, 0.1) is 0 Å². The molecule has 1 aromatic rings. The number of benzene rings is 1. The first-order valence-corrected chi connectivity index (χ1v) is 8.51. The minimum atomic E-state index is -3.70. The molecule has 0 aromatic heterocycles. The Morgan fingerprint density at radius 1 is 1.43 bits per heavy atom. The summed E-state index contributed by atoms with van der Waals surface area (Å²) in [7, 11) is -0.984. The van der Waals surface area contributed by atoms with Gasteiger partial charge in [0, 0.05) is 31.2 Å². The fourth-order valence-corrected chi connectivity index (χ4v) is 3.35. The van der Waals surface area contributed by atoms with Gasteiger partial charge in [0.15, 0.2) is 0 Å². The van der Waals surface area contributed by atoms with Crippen molar-refractivity contribution >= 4 is 28.3 Å². The van der Waals surface area contributed by atoms with Gasteiger partial charge in [-0.2, -0.15) is 0 Å². The van der Waals surface area contributed by atoms with E-state index in [1.165, 1.54) is 26.3 Å². The van der Waals surface area contributed by atoms with Crippen molar-refractivity contribution < 1.29 is 17.9 Å². The Morgan fingerprint density at radius 3 is 2.70 bits per heavy atom. The summed E-state index contributed by atoms with van der Waals surface area (Å²) in [6.07, 6.45) is 0. The largest absolute Gasteiger partial charge is 0.495 e. The van der Waals surface area contributed by atoms with Crippen LogP contribution in [0.4, 0.5) is 0 Å². The molecule has 9 heteroatoms. The second-order valence-electron chi connectivity index (χ2n) is 5.18. The number of sulfonamides is 1. The number of piperazine rings is 1. The lowest BCUT2D eigenvalue weighted by molar-refractivity contribution is 0.0709. The van der Waals surface area contributed by atoms with E-state index in [0.717, 1.165) is 6.54 Å². The van der Waals surface area contributed by atoms with Crippen LogP contribution >= 0.6 is 12.4 Å². The van der Waals surface area contributed by atoms with Crippen molar-refractivity contribution in [2.24, 2.45) is 0 Å². The summed E-state index contributed by atoms with van der Waals surface area (Å²) in [5, 5.41) is 3.26. The van der Waals surface area contributed by atoms with Gasteiger partial charge in [0.25, 0.3) is 5.91 Å². The summed E-state index contributed by atoms with van der Waals surface area (Å²) in [4.78, 5) is 14.2. The van der Waals surface area contributed by atoms with E-state index < -0.39 is 10.0 Å². The SMILES string of the molecule is CNS(=O)(=O)c1cc(C(=O)N2CCNC(C)C2)ccc1OC.Cl. The highest BCUT2D eigenvalue weighted by molar-refractivity contribution is 7.89. The molecule has 130 valence electrons. The predicted octanol–water partition coefficient (Wildman–Crippen LogP) is 0.459. The number of amides is 1. The summed E-state index contributed by atoms with van der Waals surface area (Å²) >= 11 is 0. The maximum absolute atomic E-state index is 12.6. The minimum Gasteiger partial charge on any atom is -0.495 e. The van der Waals surface area contributed by atoms with Crippen molar-refractivity contribution in [1.82, 2.24) is 14.9 Å². The van der Waals surface area contributed by atoms with E-state index in [-0.39, 0.29) is 35.0 Å². The monoisotopic (exact) mass is 363 g/mol. The fraction of sp³-hybridized carbons (Fsp3) is 0.500. The van der Waals surface area contributed by atoms with Gasteiger partial charge in [0.1, 0.15) is 10.6 Å². The average Bonchev–Trinajstić information content (AvgIpc) is 2.53. The standard InChI is InChI=1S/C14H21N3O4S.ClH/c1-10-9-17(7-6-16-10)14(18)11-4-5-12(21-3)13(8-11)22(19,20)15-2;/h4-5,8,10,15-16H,6-7,9H2,1-3H3;1H. The third-order valence-electron chi connectivity index (χ3n) is 3.62. The fourth-order valence-electron chi connectivity index (χ4n) is 2.43. The number of hydrogen-bond donors (Lipinski definition) is 2. The smallest absolute Gasteiger partial charge is 0.253 e. The number of ether oxygens (including phenoxy) is 1. The van der Waals surface area contributed by atoms with E-state index in [9.17, 15) is 13.2 Å². The molecule has 1 aliphatic rings. The Hall–Kier alpha value is -1.35. The van der Waals surface area contributed by atoms with Crippen molar-refractivity contribution in [2.45, 2.75) is 17.9 Å². The van der Waals surface area contributed by atoms with Gasteiger partial charge >= 0.3 is 0 Å². The van der Waals surface area contributed by atoms with Crippen LogP contribution in [0.5, 0.6) is 5.75 Å². The average molecular weight is 364 g/mol. The van der Waals surface area contributed by atoms with Crippen LogP contribution in [0.25, 0.3) is 0 Å². The van der Waals surface area contributed by atoms with Crippen LogP contribution in [-0.4, -0.2) is 59.1 Å². The third-order valence-corrected chi connectivity index (χ3v) is 5.06. The van der Waals surface area contributed by atoms with Gasteiger partial charge in [0.2, 0.25) is 10.0 Å². The highest BCUT2D eigenvalue weighted by Crippen LogP contribution is 2.25. The number of nitrogens with zero attached hydrogens (tertiary/aromatic N) is 1. The van der Waals surface area contributed by atoms with Crippen LogP contribution in [0.15, 0.2) is 23.1 Å². The van der Waals surface area contributed by atoms with E-state index in [1.807, 2.05) is 6.92 Å². The maximum Gasteiger partial charge on any atom is 0.253 e. The van der Waals surface area contributed by atoms with E-state index in [2.05, 4.69) is 10.0 Å². The Kier molecular flexibility index (Phi) is 6.82. The first kappa shape index (κ1) is 19.7. The Labute approximate surface area is 142 Å². The number of nitrogens with one attached hydrogen (secondary N) is 2. The van der Waals surface area contributed by atoms with Crippen LogP contribution in [-0.2, 0) is 10.0 Å². The van der Waals surface area contributed by atoms with Gasteiger partial charge in [-0.15, -0.1) is 12.4 Å². The van der Waals surface area contributed by atoms with Crippen LogP contribution in [0.3, 0.4) is 0 Å². The Balaban J connectivity index is 0.00000264. The van der Waals surface area contributed by atoms with Crippen LogP contribution in [0.1, 0.15) is 17.3 Å². The van der Waals surface area contributed by atoms with E-state index in [0.29, 0.717) is 18.7 Å². The van der Waals surface area contributed by atoms with Crippen molar-refractivity contribution in [1.29, 1.82) is 0 Å². The minimum absolute atomic E-state index is 0. The van der Waals surface area contributed by atoms with Gasteiger partial charge in [-0.25, -0.2) is 13.1 Å². The molecule has 1 aliphatic heterocycles. The lowest BCUT2D eigenvalue weighted by Gasteiger charge is -2.32. The van der Waals surface area contributed by atoms with Crippen LogP contribution in [0.2, 0.25) is 0 Å². The zero-order valence-corrected chi connectivity index (χ0v) is 15.0. The molecule has 0 spiro atoms. The molecule has 1 heterocycles. The number of carbonyl (C=O) groups is 1. The molecule has 0 radical (unpaired) electrons. The quantitative estimate of drug-likeness (QED) is 0.811. The highest BCUT2D eigenvalue weighted by atomic mass is 35.5. The lowest BCUT2D eigenvalue weighted by atomic mass is 10.1. The van der Waals surface area contributed by atoms with Gasteiger partial charge < -0.3 is 15.0 Å². The molecular weight excluding hydrogens is 342 g/mol. The van der Waals surface area contributed by atoms with E-state index in [4.69, 9.17) is 4.74 Å². The molecular formula is C14H22ClN3O4S. The molecule has 1 saturated heterocycles. The molecule has 0 bridgehead atoms. The summed E-state index contributed by atoms with van der Waals surface area (Å²) < 4.78 is 31.4. The van der Waals surface area contributed by atoms with Crippen molar-refractivity contribution in [3.05, 3.63) is 23.8 Å². The second-order valence-corrected chi connectivity index (χ2v) is 7.03.